The number of non-ortho nitro benzene ring substituents is 2. The number of nitro groups is 2. The zero-order valence-corrected chi connectivity index (χ0v) is 23.5. The Morgan fingerprint density at radius 2 is 1.49 bits per heavy atom. The van der Waals surface area contributed by atoms with Crippen molar-refractivity contribution in [1.29, 1.82) is 0 Å². The quantitative estimate of drug-likeness (QED) is 0.107. The van der Waals surface area contributed by atoms with Crippen molar-refractivity contribution in [2.75, 3.05) is 17.7 Å². The first kappa shape index (κ1) is 32.2. The fourth-order valence-corrected chi connectivity index (χ4v) is 3.37. The number of halogens is 1. The first-order valence-electron chi connectivity index (χ1n) is 12.0. The zero-order valence-electron chi connectivity index (χ0n) is 21.9. The van der Waals surface area contributed by atoms with Crippen LogP contribution in [0.15, 0.2) is 104 Å². The lowest BCUT2D eigenvalue weighted by Crippen LogP contribution is -1.99. The highest BCUT2D eigenvalue weighted by Crippen LogP contribution is 2.22. The van der Waals surface area contributed by atoms with Gasteiger partial charge in [-0.25, -0.2) is 9.97 Å². The van der Waals surface area contributed by atoms with Crippen molar-refractivity contribution in [3.8, 4) is 11.3 Å². The summed E-state index contributed by atoms with van der Waals surface area (Å²) < 4.78 is 1.91. The number of anilines is 1. The van der Waals surface area contributed by atoms with E-state index >= 15 is 0 Å². The predicted molar refractivity (Wildman–Crippen MR) is 160 cm³/mol. The molecule has 0 fully saturated rings. The Balaban J connectivity index is 0.000000223. The smallest absolute Gasteiger partial charge is 0.269 e. The number of hydrogen-bond donors (Lipinski definition) is 2. The maximum absolute atomic E-state index is 11.1. The van der Waals surface area contributed by atoms with Gasteiger partial charge in [-0.05, 0) is 55.5 Å². The number of hydrogen-bond acceptors (Lipinski definition) is 9. The van der Waals surface area contributed by atoms with Gasteiger partial charge < -0.3 is 15.2 Å². The summed E-state index contributed by atoms with van der Waals surface area (Å²) in [5, 5.41) is 28.6. The fraction of sp³-hybridized carbons (Fsp3) is 0.107. The average Bonchev–Trinajstić information content (AvgIpc) is 3.43. The summed E-state index contributed by atoms with van der Waals surface area (Å²) in [6.45, 7) is 1.93. The molecule has 3 aromatic heterocycles. The van der Waals surface area contributed by atoms with Crippen LogP contribution in [0.25, 0.3) is 16.9 Å². The lowest BCUT2D eigenvalue weighted by molar-refractivity contribution is -0.385. The number of benzene rings is 2. The summed E-state index contributed by atoms with van der Waals surface area (Å²) >= 11 is 3.02. The van der Waals surface area contributed by atoms with E-state index in [4.69, 9.17) is 10.8 Å². The van der Waals surface area contributed by atoms with Gasteiger partial charge in [0.25, 0.3) is 11.4 Å². The first-order chi connectivity index (χ1) is 19.7. The Hall–Kier alpha value is -5.01. The van der Waals surface area contributed by atoms with Crippen LogP contribution >= 0.6 is 15.9 Å². The molecule has 212 valence electrons. The molecule has 2 aromatic carbocycles. The molecule has 0 amide bonds. The van der Waals surface area contributed by atoms with Gasteiger partial charge >= 0.3 is 0 Å². The van der Waals surface area contributed by atoms with Gasteiger partial charge in [-0.1, -0.05) is 28.1 Å². The number of nitrogens with zero attached hydrogens (tertiary/aromatic N) is 5. The van der Waals surface area contributed by atoms with Gasteiger partial charge in [0.1, 0.15) is 11.5 Å². The minimum atomic E-state index is -0.498. The number of carbonyl (C=O) groups excluding carboxylic acids is 1. The number of imidazole rings is 1. The number of nitrogen functional groups attached to an aromatic ring is 1. The van der Waals surface area contributed by atoms with Crippen LogP contribution in [0, 0.1) is 20.2 Å². The van der Waals surface area contributed by atoms with E-state index in [1.165, 1.54) is 36.4 Å². The van der Waals surface area contributed by atoms with Crippen LogP contribution in [0.5, 0.6) is 0 Å². The van der Waals surface area contributed by atoms with Crippen molar-refractivity contribution in [2.24, 2.45) is 0 Å². The molecule has 3 N–H and O–H groups in total. The molecule has 13 heteroatoms. The number of nitrogens with two attached hydrogens (primary N) is 1. The topological polar surface area (TPSA) is 180 Å². The van der Waals surface area contributed by atoms with Crippen LogP contribution < -0.4 is 5.73 Å². The minimum absolute atomic E-state index is 0.00822. The Morgan fingerprint density at radius 1 is 0.927 bits per heavy atom. The number of alkyl halides is 1. The molecule has 0 aliphatic rings. The van der Waals surface area contributed by atoms with Crippen LogP contribution in [0.4, 0.5) is 17.2 Å². The average molecular weight is 623 g/mol. The molecule has 3 heterocycles. The summed E-state index contributed by atoms with van der Waals surface area (Å²) in [7, 11) is 0. The van der Waals surface area contributed by atoms with E-state index < -0.39 is 9.85 Å². The highest BCUT2D eigenvalue weighted by atomic mass is 79.9. The maximum atomic E-state index is 11.1. The normalized spacial score (nSPS) is 9.63. The van der Waals surface area contributed by atoms with E-state index in [-0.39, 0.29) is 29.1 Å². The fourth-order valence-electron chi connectivity index (χ4n) is 3.05. The molecule has 0 unspecified atom stereocenters. The maximum Gasteiger partial charge on any atom is 0.269 e. The van der Waals surface area contributed by atoms with E-state index in [1.807, 2.05) is 47.1 Å². The van der Waals surface area contributed by atoms with Gasteiger partial charge in [0, 0.05) is 60.6 Å². The molecule has 0 aliphatic heterocycles. The van der Waals surface area contributed by atoms with Gasteiger partial charge in [0.15, 0.2) is 5.78 Å². The number of rotatable bonds is 5. The summed E-state index contributed by atoms with van der Waals surface area (Å²) in [5.41, 5.74) is 8.32. The van der Waals surface area contributed by atoms with Crippen LogP contribution in [0.1, 0.15) is 17.3 Å². The largest absolute Gasteiger partial charge is 0.397 e. The van der Waals surface area contributed by atoms with E-state index in [9.17, 15) is 25.0 Å². The Labute approximate surface area is 243 Å². The number of carbonyl (C=O) groups is 1. The number of aliphatic hydroxyl groups is 1. The molecular weight excluding hydrogens is 596 g/mol. The lowest BCUT2D eigenvalue weighted by atomic mass is 10.1. The van der Waals surface area contributed by atoms with Crippen LogP contribution in [0.2, 0.25) is 0 Å². The highest BCUT2D eigenvalue weighted by Gasteiger charge is 2.08. The summed E-state index contributed by atoms with van der Waals surface area (Å²) in [6.07, 6.45) is 5.48. The number of aliphatic hydroxyl groups excluding tert-OH is 1. The number of aromatic nitrogens is 3. The van der Waals surface area contributed by atoms with Crippen molar-refractivity contribution in [3.05, 3.63) is 129 Å². The number of nitro benzene ring substituents is 2. The van der Waals surface area contributed by atoms with Crippen molar-refractivity contribution in [2.45, 2.75) is 6.92 Å². The zero-order chi connectivity index (χ0) is 30.2. The van der Waals surface area contributed by atoms with Crippen LogP contribution in [-0.4, -0.2) is 47.0 Å². The van der Waals surface area contributed by atoms with Crippen LogP contribution in [-0.2, 0) is 0 Å². The summed E-state index contributed by atoms with van der Waals surface area (Å²) in [4.78, 5) is 39.2. The Bertz CT molecular complexity index is 1510. The molecule has 0 saturated carbocycles. The monoisotopic (exact) mass is 622 g/mol. The Morgan fingerprint density at radius 3 is 1.93 bits per heavy atom. The van der Waals surface area contributed by atoms with E-state index in [1.54, 1.807) is 31.3 Å². The molecule has 0 atom stereocenters. The molecule has 5 aromatic rings. The molecular formula is C28H27BrN6O6. The first-order valence-corrected chi connectivity index (χ1v) is 13.1. The number of Topliss-reactive ketones (excluding diaryl/α,β-unsaturated/α-hetero) is 1. The summed E-state index contributed by atoms with van der Waals surface area (Å²) in [6, 6.07) is 23.1. The van der Waals surface area contributed by atoms with Gasteiger partial charge in [0.2, 0.25) is 0 Å². The second-order valence-corrected chi connectivity index (χ2v) is 8.39. The number of fused-ring (bicyclic) bond motifs is 1. The van der Waals surface area contributed by atoms with Crippen molar-refractivity contribution in [1.82, 2.24) is 14.4 Å². The third-order valence-corrected chi connectivity index (χ3v) is 5.46. The molecule has 12 nitrogen and oxygen atoms in total. The molecule has 0 saturated heterocycles. The highest BCUT2D eigenvalue weighted by molar-refractivity contribution is 9.09. The molecule has 5 rings (SSSR count). The van der Waals surface area contributed by atoms with E-state index in [0.717, 1.165) is 16.9 Å². The summed E-state index contributed by atoms with van der Waals surface area (Å²) in [5.74, 6) is 0.484. The van der Waals surface area contributed by atoms with Crippen LogP contribution in [0.3, 0.4) is 0 Å². The molecule has 41 heavy (non-hydrogen) atoms. The van der Waals surface area contributed by atoms with Crippen molar-refractivity contribution in [3.63, 3.8) is 0 Å². The van der Waals surface area contributed by atoms with Gasteiger partial charge in [-0.2, -0.15) is 0 Å². The third-order valence-electron chi connectivity index (χ3n) is 4.95. The Kier molecular flexibility index (Phi) is 13.2. The second kappa shape index (κ2) is 16.8. The minimum Gasteiger partial charge on any atom is -0.397 e. The van der Waals surface area contributed by atoms with Gasteiger partial charge in [0.05, 0.1) is 20.9 Å². The number of ketones is 1. The predicted octanol–water partition coefficient (Wildman–Crippen LogP) is 5.74. The van der Waals surface area contributed by atoms with Gasteiger partial charge in [-0.15, -0.1) is 0 Å². The second-order valence-electron chi connectivity index (χ2n) is 7.83. The molecule has 0 spiro atoms. The van der Waals surface area contributed by atoms with E-state index in [2.05, 4.69) is 25.9 Å². The van der Waals surface area contributed by atoms with Crippen molar-refractivity contribution >= 4 is 44.6 Å². The SMILES string of the molecule is CCO.Nc1ccccn1.O=C(CBr)c1ccc([N+](=O)[O-])cc1.O=[N+]([O-])c1ccc(-c2cn3ccccc3n2)cc1. The van der Waals surface area contributed by atoms with E-state index in [0.29, 0.717) is 11.4 Å². The van der Waals surface area contributed by atoms with Gasteiger partial charge in [-0.3, -0.25) is 25.0 Å². The lowest BCUT2D eigenvalue weighted by Gasteiger charge is -1.95. The molecule has 0 bridgehead atoms. The third kappa shape index (κ3) is 10.6. The van der Waals surface area contributed by atoms with Crippen molar-refractivity contribution < 1.29 is 19.7 Å². The standard InChI is InChI=1S/C13H9N3O2.C8H6BrNO3.C5H6N2.C2H6O/c17-16(18)11-6-4-10(5-7-11)12-9-15-8-2-1-3-13(15)14-12;9-5-8(11)6-1-3-7(4-2-6)10(12)13;6-5-3-1-2-4-7-5;1-2-3/h1-9H;1-4H,5H2;1-4H,(H2,6,7);3H,2H2,1H3. The molecule has 0 radical (unpaired) electrons. The molecule has 0 aliphatic carbocycles. The number of pyridine rings is 2.